The molecule has 64 valence electrons. The second-order valence-corrected chi connectivity index (χ2v) is 1.60. The number of hydrogen-bond acceptors (Lipinski definition) is 4. The Morgan fingerprint density at radius 2 is 1.18 bits per heavy atom. The van der Waals surface area contributed by atoms with Crippen LogP contribution < -0.4 is 51.4 Å². The van der Waals surface area contributed by atoms with Crippen molar-refractivity contribution in [2.45, 2.75) is 0 Å². The first kappa shape index (κ1) is 18.3. The van der Waals surface area contributed by atoms with Gasteiger partial charge in [-0.2, -0.15) is 0 Å². The van der Waals surface area contributed by atoms with E-state index in [-0.39, 0.29) is 56.9 Å². The smallest absolute Gasteiger partial charge is 0.870 e. The van der Waals surface area contributed by atoms with Gasteiger partial charge in [-0.05, 0) is 0 Å². The minimum atomic E-state index is 0. The molecule has 0 rings (SSSR count). The number of rotatable bonds is 6. The normalized spacial score (nSPS) is 8.18. The second kappa shape index (κ2) is 17.5. The van der Waals surface area contributed by atoms with Gasteiger partial charge in [0.05, 0.1) is 26.4 Å². The average molecular weight is 190 g/mol. The van der Waals surface area contributed by atoms with Crippen LogP contribution in [-0.4, -0.2) is 46.1 Å². The van der Waals surface area contributed by atoms with Gasteiger partial charge in [0.1, 0.15) is 0 Å². The van der Waals surface area contributed by atoms with Crippen molar-refractivity contribution in [2.24, 2.45) is 0 Å². The third-order valence-electron chi connectivity index (χ3n) is 0.864. The van der Waals surface area contributed by atoms with Crippen LogP contribution in [0.5, 0.6) is 0 Å². The minimum Gasteiger partial charge on any atom is -0.870 e. The van der Waals surface area contributed by atoms with Crippen LogP contribution in [0.4, 0.5) is 0 Å². The molecule has 1 N–H and O–H groups in total. The zero-order valence-corrected chi connectivity index (χ0v) is 10.6. The summed E-state index contributed by atoms with van der Waals surface area (Å²) in [5.41, 5.74) is 0. The molecule has 0 aromatic heterocycles. The van der Waals surface area contributed by atoms with Crippen molar-refractivity contribution >= 4 is 0 Å². The van der Waals surface area contributed by atoms with Crippen LogP contribution in [0.15, 0.2) is 0 Å². The molecule has 0 saturated carbocycles. The maximum atomic E-state index is 5.06. The summed E-state index contributed by atoms with van der Waals surface area (Å²) in [4.78, 5) is 0. The van der Waals surface area contributed by atoms with E-state index >= 15 is 0 Å². The second-order valence-electron chi connectivity index (χ2n) is 1.60. The van der Waals surface area contributed by atoms with E-state index in [1.54, 1.807) is 14.2 Å². The summed E-state index contributed by atoms with van der Waals surface area (Å²) in [7, 11) is 3.30. The SMILES string of the molecule is COCCOCCOC.[K+].[OH-]. The van der Waals surface area contributed by atoms with Crippen LogP contribution in [0.2, 0.25) is 0 Å². The van der Waals surface area contributed by atoms with E-state index in [4.69, 9.17) is 14.2 Å². The fourth-order valence-corrected chi connectivity index (χ4v) is 0.387. The summed E-state index contributed by atoms with van der Waals surface area (Å²) in [5, 5.41) is 0. The summed E-state index contributed by atoms with van der Waals surface area (Å²) in [6.45, 7) is 2.62. The predicted octanol–water partition coefficient (Wildman–Crippen LogP) is -2.88. The number of hydrogen-bond donors (Lipinski definition) is 0. The Bertz CT molecular complexity index is 47.8. The summed E-state index contributed by atoms with van der Waals surface area (Å²) in [6.07, 6.45) is 0. The Morgan fingerprint density at radius 1 is 0.818 bits per heavy atom. The van der Waals surface area contributed by atoms with Crippen molar-refractivity contribution in [1.29, 1.82) is 0 Å². The molecule has 4 nitrogen and oxygen atoms in total. The van der Waals surface area contributed by atoms with Gasteiger partial charge in [0.15, 0.2) is 0 Å². The third-order valence-corrected chi connectivity index (χ3v) is 0.864. The Hall–Kier alpha value is 1.48. The van der Waals surface area contributed by atoms with Crippen molar-refractivity contribution in [2.75, 3.05) is 40.6 Å². The fourth-order valence-electron chi connectivity index (χ4n) is 0.387. The third kappa shape index (κ3) is 18.4. The Balaban J connectivity index is -0.000000320. The van der Waals surface area contributed by atoms with Gasteiger partial charge in [-0.3, -0.25) is 0 Å². The van der Waals surface area contributed by atoms with Crippen LogP contribution in [0.3, 0.4) is 0 Å². The van der Waals surface area contributed by atoms with E-state index in [0.29, 0.717) is 26.4 Å². The van der Waals surface area contributed by atoms with Gasteiger partial charge >= 0.3 is 51.4 Å². The van der Waals surface area contributed by atoms with E-state index in [1.807, 2.05) is 0 Å². The predicted molar refractivity (Wildman–Crippen MR) is 36.5 cm³/mol. The van der Waals surface area contributed by atoms with Crippen molar-refractivity contribution in [1.82, 2.24) is 0 Å². The monoisotopic (exact) mass is 190 g/mol. The standard InChI is InChI=1S/C6H14O3.K.H2O/c1-7-3-5-9-6-4-8-2;;/h3-6H2,1-2H3;;1H2/q;+1;/p-1. The number of methoxy groups -OCH3 is 2. The van der Waals surface area contributed by atoms with E-state index in [9.17, 15) is 0 Å². The molecule has 0 aliphatic carbocycles. The Kier molecular flexibility index (Phi) is 29.2. The number of ether oxygens (including phenoxy) is 3. The fraction of sp³-hybridized carbons (Fsp3) is 1.00. The first-order valence-corrected chi connectivity index (χ1v) is 2.97. The Morgan fingerprint density at radius 3 is 1.45 bits per heavy atom. The topological polar surface area (TPSA) is 57.7 Å². The van der Waals surface area contributed by atoms with Gasteiger partial charge in [0, 0.05) is 14.2 Å². The van der Waals surface area contributed by atoms with Gasteiger partial charge in [0.2, 0.25) is 0 Å². The molecule has 0 aromatic carbocycles. The quantitative estimate of drug-likeness (QED) is 0.333. The molecule has 0 aliphatic rings. The van der Waals surface area contributed by atoms with Crippen LogP contribution >= 0.6 is 0 Å². The molecular weight excluding hydrogens is 175 g/mol. The molecule has 0 aliphatic heterocycles. The van der Waals surface area contributed by atoms with Gasteiger partial charge in [-0.25, -0.2) is 0 Å². The minimum absolute atomic E-state index is 0. The van der Waals surface area contributed by atoms with Gasteiger partial charge in [-0.1, -0.05) is 0 Å². The summed E-state index contributed by atoms with van der Waals surface area (Å²) in [6, 6.07) is 0. The Labute approximate surface area is 110 Å². The van der Waals surface area contributed by atoms with E-state index in [0.717, 1.165) is 0 Å². The van der Waals surface area contributed by atoms with Crippen molar-refractivity contribution in [3.63, 3.8) is 0 Å². The zero-order chi connectivity index (χ0) is 6.95. The summed E-state index contributed by atoms with van der Waals surface area (Å²) in [5.74, 6) is 0. The van der Waals surface area contributed by atoms with Crippen molar-refractivity contribution < 1.29 is 71.1 Å². The molecule has 0 amide bonds. The molecule has 0 radical (unpaired) electrons. The molecule has 11 heavy (non-hydrogen) atoms. The van der Waals surface area contributed by atoms with Gasteiger partial charge in [-0.15, -0.1) is 0 Å². The first-order valence-electron chi connectivity index (χ1n) is 2.97. The van der Waals surface area contributed by atoms with Crippen molar-refractivity contribution in [3.05, 3.63) is 0 Å². The maximum Gasteiger partial charge on any atom is 1.00 e. The molecule has 0 saturated heterocycles. The molecule has 0 bridgehead atoms. The van der Waals surface area contributed by atoms with E-state index in [1.165, 1.54) is 0 Å². The first-order chi connectivity index (χ1) is 4.41. The van der Waals surface area contributed by atoms with Crippen LogP contribution in [-0.2, 0) is 14.2 Å². The van der Waals surface area contributed by atoms with E-state index in [2.05, 4.69) is 0 Å². The average Bonchev–Trinajstić information content (AvgIpc) is 1.89. The van der Waals surface area contributed by atoms with Crippen LogP contribution in [0.25, 0.3) is 0 Å². The van der Waals surface area contributed by atoms with Crippen LogP contribution in [0.1, 0.15) is 0 Å². The molecule has 0 fully saturated rings. The zero-order valence-electron chi connectivity index (χ0n) is 7.50. The van der Waals surface area contributed by atoms with Gasteiger partial charge < -0.3 is 19.7 Å². The molecule has 0 atom stereocenters. The van der Waals surface area contributed by atoms with Crippen molar-refractivity contribution in [3.8, 4) is 0 Å². The summed E-state index contributed by atoms with van der Waals surface area (Å²) >= 11 is 0. The van der Waals surface area contributed by atoms with Crippen LogP contribution in [0, 0.1) is 0 Å². The molecular formula is C6H15KO4. The molecule has 0 unspecified atom stereocenters. The maximum absolute atomic E-state index is 5.06. The molecule has 0 aromatic rings. The molecule has 0 heterocycles. The van der Waals surface area contributed by atoms with E-state index < -0.39 is 0 Å². The molecule has 5 heteroatoms. The summed E-state index contributed by atoms with van der Waals surface area (Å²) < 4.78 is 14.6. The van der Waals surface area contributed by atoms with Gasteiger partial charge in [0.25, 0.3) is 0 Å². The molecule has 0 spiro atoms. The largest absolute Gasteiger partial charge is 1.00 e.